The number of amides is 1. The first-order chi connectivity index (χ1) is 8.75. The molecule has 1 rings (SSSR count). The van der Waals surface area contributed by atoms with Crippen molar-refractivity contribution in [1.29, 1.82) is 0 Å². The normalized spacial score (nSPS) is 11.2. The van der Waals surface area contributed by atoms with Crippen molar-refractivity contribution in [3.05, 3.63) is 23.3 Å². The Hall–Kier alpha value is -1.71. The summed E-state index contributed by atoms with van der Waals surface area (Å²) in [5, 5.41) is 2.94. The fourth-order valence-corrected chi connectivity index (χ4v) is 1.85. The molecule has 0 fully saturated rings. The van der Waals surface area contributed by atoms with Gasteiger partial charge in [-0.3, -0.25) is 4.79 Å². The Labute approximate surface area is 115 Å². The van der Waals surface area contributed by atoms with Gasteiger partial charge in [0.2, 0.25) is 0 Å². The van der Waals surface area contributed by atoms with E-state index in [2.05, 4.69) is 5.32 Å². The maximum absolute atomic E-state index is 11.8. The Morgan fingerprint density at radius 2 is 1.84 bits per heavy atom. The highest BCUT2D eigenvalue weighted by Crippen LogP contribution is 2.25. The minimum Gasteiger partial charge on any atom is -0.483 e. The highest BCUT2D eigenvalue weighted by molar-refractivity contribution is 5.78. The fraction of sp³-hybridized carbons (Fsp3) is 0.533. The summed E-state index contributed by atoms with van der Waals surface area (Å²) in [5.74, 6) is 0.626. The molecule has 0 unspecified atom stereocenters. The summed E-state index contributed by atoms with van der Waals surface area (Å²) in [5.41, 5.74) is 8.14. The summed E-state index contributed by atoms with van der Waals surface area (Å²) in [6, 6.07) is 3.69. The molecule has 0 saturated heterocycles. The van der Waals surface area contributed by atoms with Crippen molar-refractivity contribution in [3.63, 3.8) is 0 Å². The van der Waals surface area contributed by atoms with Gasteiger partial charge in [0.05, 0.1) is 0 Å². The predicted molar refractivity (Wildman–Crippen MR) is 78.3 cm³/mol. The van der Waals surface area contributed by atoms with Gasteiger partial charge in [-0.25, -0.2) is 0 Å². The van der Waals surface area contributed by atoms with Crippen LogP contribution in [0.1, 0.15) is 38.3 Å². The lowest BCUT2D eigenvalue weighted by atomic mass is 10.0. The Morgan fingerprint density at radius 3 is 2.32 bits per heavy atom. The topological polar surface area (TPSA) is 64.3 Å². The minimum atomic E-state index is -0.203. The Kier molecular flexibility index (Phi) is 4.81. The number of benzene rings is 1. The molecule has 0 bridgehead atoms. The molecule has 0 saturated carbocycles. The van der Waals surface area contributed by atoms with E-state index in [1.165, 1.54) is 0 Å². The summed E-state index contributed by atoms with van der Waals surface area (Å²) in [6.45, 7) is 9.89. The SMILES string of the molecule is CCC(C)(C)NC(=O)COc1c(C)cc(N)cc1C. The molecule has 19 heavy (non-hydrogen) atoms. The van der Waals surface area contributed by atoms with E-state index in [1.54, 1.807) is 0 Å². The molecule has 0 aliphatic heterocycles. The summed E-state index contributed by atoms with van der Waals surface area (Å²) in [6.07, 6.45) is 0.874. The van der Waals surface area contributed by atoms with Crippen LogP contribution in [0.5, 0.6) is 5.75 Å². The quantitative estimate of drug-likeness (QED) is 0.803. The molecule has 106 valence electrons. The number of rotatable bonds is 5. The standard InChI is InChI=1S/C15H24N2O2/c1-6-15(4,5)17-13(18)9-19-14-10(2)7-12(16)8-11(14)3/h7-8H,6,9,16H2,1-5H3,(H,17,18). The molecular weight excluding hydrogens is 240 g/mol. The second-order valence-corrected chi connectivity index (χ2v) is 5.56. The second kappa shape index (κ2) is 5.95. The Balaban J connectivity index is 2.65. The third-order valence-electron chi connectivity index (χ3n) is 3.19. The number of nitrogen functional groups attached to an aromatic ring is 1. The molecule has 0 spiro atoms. The molecule has 0 aromatic heterocycles. The first-order valence-electron chi connectivity index (χ1n) is 6.55. The fourth-order valence-electron chi connectivity index (χ4n) is 1.85. The number of aryl methyl sites for hydroxylation is 2. The van der Waals surface area contributed by atoms with Crippen LogP contribution in [0.4, 0.5) is 5.69 Å². The molecule has 0 radical (unpaired) electrons. The summed E-state index contributed by atoms with van der Waals surface area (Å²) in [7, 11) is 0. The molecule has 1 aromatic carbocycles. The molecule has 4 nitrogen and oxygen atoms in total. The van der Waals surface area contributed by atoms with E-state index in [-0.39, 0.29) is 18.1 Å². The van der Waals surface area contributed by atoms with Gasteiger partial charge in [0.1, 0.15) is 5.75 Å². The van der Waals surface area contributed by atoms with E-state index in [4.69, 9.17) is 10.5 Å². The zero-order valence-corrected chi connectivity index (χ0v) is 12.5. The minimum absolute atomic E-state index is 0.0228. The average Bonchev–Trinajstić information content (AvgIpc) is 2.26. The van der Waals surface area contributed by atoms with Crippen molar-refractivity contribution in [2.75, 3.05) is 12.3 Å². The highest BCUT2D eigenvalue weighted by atomic mass is 16.5. The lowest BCUT2D eigenvalue weighted by molar-refractivity contribution is -0.124. The zero-order chi connectivity index (χ0) is 14.6. The molecule has 0 aliphatic carbocycles. The van der Waals surface area contributed by atoms with Crippen molar-refractivity contribution in [2.24, 2.45) is 0 Å². The van der Waals surface area contributed by atoms with E-state index in [9.17, 15) is 4.79 Å². The largest absolute Gasteiger partial charge is 0.483 e. The molecule has 1 amide bonds. The van der Waals surface area contributed by atoms with Crippen LogP contribution in [0.15, 0.2) is 12.1 Å². The van der Waals surface area contributed by atoms with Gasteiger partial charge in [-0.15, -0.1) is 0 Å². The van der Waals surface area contributed by atoms with E-state index < -0.39 is 0 Å². The van der Waals surface area contributed by atoms with Crippen LogP contribution in [-0.4, -0.2) is 18.1 Å². The molecule has 0 atom stereocenters. The van der Waals surface area contributed by atoms with Crippen molar-refractivity contribution >= 4 is 11.6 Å². The lowest BCUT2D eigenvalue weighted by Gasteiger charge is -2.24. The van der Waals surface area contributed by atoms with Crippen LogP contribution in [0.3, 0.4) is 0 Å². The summed E-state index contributed by atoms with van der Waals surface area (Å²) < 4.78 is 5.61. The predicted octanol–water partition coefficient (Wildman–Crippen LogP) is 2.57. The van der Waals surface area contributed by atoms with Gasteiger partial charge >= 0.3 is 0 Å². The van der Waals surface area contributed by atoms with Crippen LogP contribution in [0, 0.1) is 13.8 Å². The third kappa shape index (κ3) is 4.47. The number of hydrogen-bond donors (Lipinski definition) is 2. The van der Waals surface area contributed by atoms with Crippen molar-refractivity contribution in [1.82, 2.24) is 5.32 Å². The van der Waals surface area contributed by atoms with Gasteiger partial charge in [0.15, 0.2) is 6.61 Å². The maximum Gasteiger partial charge on any atom is 0.258 e. The van der Waals surface area contributed by atoms with Gasteiger partial charge in [-0.1, -0.05) is 6.92 Å². The molecule has 1 aromatic rings. The highest BCUT2D eigenvalue weighted by Gasteiger charge is 2.18. The van der Waals surface area contributed by atoms with Crippen LogP contribution in [0.25, 0.3) is 0 Å². The summed E-state index contributed by atoms with van der Waals surface area (Å²) >= 11 is 0. The first kappa shape index (κ1) is 15.3. The number of carbonyl (C=O) groups excluding carboxylic acids is 1. The number of nitrogens with two attached hydrogens (primary N) is 1. The van der Waals surface area contributed by atoms with Crippen LogP contribution >= 0.6 is 0 Å². The average molecular weight is 264 g/mol. The van der Waals surface area contributed by atoms with E-state index in [0.717, 1.165) is 23.3 Å². The number of ether oxygens (including phenoxy) is 1. The molecule has 4 heteroatoms. The smallest absolute Gasteiger partial charge is 0.258 e. The molecule has 0 aliphatic rings. The number of anilines is 1. The van der Waals surface area contributed by atoms with Crippen LogP contribution in [-0.2, 0) is 4.79 Å². The Morgan fingerprint density at radius 1 is 1.32 bits per heavy atom. The molecular formula is C15H24N2O2. The van der Waals surface area contributed by atoms with Crippen molar-refractivity contribution in [3.8, 4) is 5.75 Å². The van der Waals surface area contributed by atoms with Gasteiger partial charge in [-0.2, -0.15) is 0 Å². The van der Waals surface area contributed by atoms with Crippen LogP contribution in [0.2, 0.25) is 0 Å². The Bertz CT molecular complexity index is 444. The van der Waals surface area contributed by atoms with E-state index >= 15 is 0 Å². The monoisotopic (exact) mass is 264 g/mol. The maximum atomic E-state index is 11.8. The number of nitrogens with one attached hydrogen (secondary N) is 1. The van der Waals surface area contributed by atoms with Gasteiger partial charge in [0.25, 0.3) is 5.91 Å². The first-order valence-corrected chi connectivity index (χ1v) is 6.55. The van der Waals surface area contributed by atoms with Gasteiger partial charge in [0, 0.05) is 11.2 Å². The van der Waals surface area contributed by atoms with Gasteiger partial charge < -0.3 is 15.8 Å². The number of hydrogen-bond acceptors (Lipinski definition) is 3. The third-order valence-corrected chi connectivity index (χ3v) is 3.19. The van der Waals surface area contributed by atoms with Crippen molar-refractivity contribution in [2.45, 2.75) is 46.6 Å². The van der Waals surface area contributed by atoms with E-state index in [1.807, 2.05) is 46.8 Å². The van der Waals surface area contributed by atoms with Gasteiger partial charge in [-0.05, 0) is 57.4 Å². The zero-order valence-electron chi connectivity index (χ0n) is 12.5. The van der Waals surface area contributed by atoms with Crippen molar-refractivity contribution < 1.29 is 9.53 Å². The molecule has 3 N–H and O–H groups in total. The lowest BCUT2D eigenvalue weighted by Crippen LogP contribution is -2.44. The molecule has 0 heterocycles. The number of carbonyl (C=O) groups is 1. The van der Waals surface area contributed by atoms with Crippen LogP contribution < -0.4 is 15.8 Å². The summed E-state index contributed by atoms with van der Waals surface area (Å²) in [4.78, 5) is 11.8. The van der Waals surface area contributed by atoms with E-state index in [0.29, 0.717) is 5.69 Å². The second-order valence-electron chi connectivity index (χ2n) is 5.56.